The predicted molar refractivity (Wildman–Crippen MR) is 80.4 cm³/mol. The fourth-order valence-electron chi connectivity index (χ4n) is 2.16. The highest BCUT2D eigenvalue weighted by molar-refractivity contribution is 7.88. The first-order valence-corrected chi connectivity index (χ1v) is 8.98. The molecule has 1 aromatic carbocycles. The van der Waals surface area contributed by atoms with Crippen LogP contribution in [0, 0.1) is 0 Å². The van der Waals surface area contributed by atoms with Crippen molar-refractivity contribution in [2.75, 3.05) is 6.26 Å². The molecule has 6 nitrogen and oxygen atoms in total. The topological polar surface area (TPSA) is 85.1 Å². The largest absolute Gasteiger partial charge is 0.471 e. The second-order valence-electron chi connectivity index (χ2n) is 5.27. The summed E-state index contributed by atoms with van der Waals surface area (Å²) in [5, 5.41) is 3.31. The molecular formula is C14H16F3N3O3S. The number of hydrogen-bond acceptors (Lipinski definition) is 5. The van der Waals surface area contributed by atoms with Gasteiger partial charge in [-0.1, -0.05) is 42.8 Å². The Balaban J connectivity index is 2.24. The SMILES string of the molecule is CCCC(NS(C)(=O)=O)c1ccc(-c2noc(C(F)(F)F)n2)cc1. The zero-order valence-electron chi connectivity index (χ0n) is 13.0. The standard InChI is InChI=1S/C14H16F3N3O3S/c1-3-4-11(20-24(2,21)22)9-5-7-10(8-6-9)12-18-13(23-19-12)14(15,16)17/h5-8,11,20H,3-4H2,1-2H3. The lowest BCUT2D eigenvalue weighted by molar-refractivity contribution is -0.159. The third kappa shape index (κ3) is 4.78. The highest BCUT2D eigenvalue weighted by atomic mass is 32.2. The van der Waals surface area contributed by atoms with E-state index in [1.54, 1.807) is 12.1 Å². The summed E-state index contributed by atoms with van der Waals surface area (Å²) in [5.41, 5.74) is 1.04. The molecule has 0 aliphatic heterocycles. The number of aromatic nitrogens is 2. The van der Waals surface area contributed by atoms with Gasteiger partial charge in [0, 0.05) is 11.6 Å². The summed E-state index contributed by atoms with van der Waals surface area (Å²) in [6.45, 7) is 1.92. The number of hydrogen-bond donors (Lipinski definition) is 1. The molecule has 0 aliphatic rings. The molecule has 0 fully saturated rings. The van der Waals surface area contributed by atoms with Crippen molar-refractivity contribution in [1.82, 2.24) is 14.9 Å². The van der Waals surface area contributed by atoms with Crippen molar-refractivity contribution in [3.8, 4) is 11.4 Å². The van der Waals surface area contributed by atoms with E-state index in [-0.39, 0.29) is 5.82 Å². The van der Waals surface area contributed by atoms with E-state index in [1.165, 1.54) is 12.1 Å². The minimum absolute atomic E-state index is 0.183. The highest BCUT2D eigenvalue weighted by Crippen LogP contribution is 2.30. The molecule has 10 heteroatoms. The molecule has 0 spiro atoms. The second kappa shape index (κ2) is 6.89. The molecule has 2 aromatic rings. The summed E-state index contributed by atoms with van der Waals surface area (Å²) in [7, 11) is -3.38. The Morgan fingerprint density at radius 2 is 1.88 bits per heavy atom. The summed E-state index contributed by atoms with van der Waals surface area (Å²) in [6.07, 6.45) is -2.28. The Kier molecular flexibility index (Phi) is 5.29. The molecule has 0 saturated heterocycles. The van der Waals surface area contributed by atoms with Crippen LogP contribution in [0.3, 0.4) is 0 Å². The lowest BCUT2D eigenvalue weighted by Gasteiger charge is -2.17. The fraction of sp³-hybridized carbons (Fsp3) is 0.429. The monoisotopic (exact) mass is 363 g/mol. The first-order valence-electron chi connectivity index (χ1n) is 7.08. The van der Waals surface area contributed by atoms with E-state index in [0.717, 1.165) is 12.7 Å². The maximum Gasteiger partial charge on any atom is 0.471 e. The number of benzene rings is 1. The zero-order chi connectivity index (χ0) is 18.0. The summed E-state index contributed by atoms with van der Waals surface area (Å²) in [4.78, 5) is 3.31. The number of alkyl halides is 3. The normalized spacial score (nSPS) is 13.9. The summed E-state index contributed by atoms with van der Waals surface area (Å²) in [5.74, 6) is -1.60. The van der Waals surface area contributed by atoms with E-state index in [0.29, 0.717) is 17.5 Å². The Labute approximate surface area is 137 Å². The molecule has 0 radical (unpaired) electrons. The van der Waals surface area contributed by atoms with E-state index >= 15 is 0 Å². The van der Waals surface area contributed by atoms with Gasteiger partial charge < -0.3 is 4.52 Å². The van der Waals surface area contributed by atoms with Crippen LogP contribution in [0.2, 0.25) is 0 Å². The van der Waals surface area contributed by atoms with Crippen molar-refractivity contribution in [3.63, 3.8) is 0 Å². The van der Waals surface area contributed by atoms with Crippen LogP contribution in [0.1, 0.15) is 37.3 Å². The zero-order valence-corrected chi connectivity index (χ0v) is 13.8. The average molecular weight is 363 g/mol. The molecule has 1 aromatic heterocycles. The average Bonchev–Trinajstić information content (AvgIpc) is 2.95. The molecular weight excluding hydrogens is 347 g/mol. The van der Waals surface area contributed by atoms with E-state index in [1.807, 2.05) is 6.92 Å². The number of rotatable bonds is 6. The molecule has 24 heavy (non-hydrogen) atoms. The molecule has 1 N–H and O–H groups in total. The van der Waals surface area contributed by atoms with Crippen molar-refractivity contribution in [2.24, 2.45) is 0 Å². The molecule has 1 unspecified atom stereocenters. The molecule has 0 saturated carbocycles. The molecule has 1 heterocycles. The molecule has 2 rings (SSSR count). The molecule has 0 amide bonds. The van der Waals surface area contributed by atoms with Gasteiger partial charge in [0.1, 0.15) is 0 Å². The van der Waals surface area contributed by atoms with Crippen LogP contribution >= 0.6 is 0 Å². The van der Waals surface area contributed by atoms with Crippen LogP contribution in [0.4, 0.5) is 13.2 Å². The van der Waals surface area contributed by atoms with Crippen LogP contribution in [0.25, 0.3) is 11.4 Å². The van der Waals surface area contributed by atoms with Gasteiger partial charge >= 0.3 is 12.1 Å². The van der Waals surface area contributed by atoms with Gasteiger partial charge in [-0.05, 0) is 12.0 Å². The summed E-state index contributed by atoms with van der Waals surface area (Å²) >= 11 is 0. The van der Waals surface area contributed by atoms with Gasteiger partial charge in [-0.2, -0.15) is 18.2 Å². The van der Waals surface area contributed by atoms with Crippen LogP contribution in [0.5, 0.6) is 0 Å². The van der Waals surface area contributed by atoms with Gasteiger partial charge in [-0.15, -0.1) is 0 Å². The van der Waals surface area contributed by atoms with E-state index in [9.17, 15) is 21.6 Å². The lowest BCUT2D eigenvalue weighted by Crippen LogP contribution is -2.27. The lowest BCUT2D eigenvalue weighted by atomic mass is 10.0. The van der Waals surface area contributed by atoms with Gasteiger partial charge in [-0.25, -0.2) is 13.1 Å². The van der Waals surface area contributed by atoms with Crippen LogP contribution in [-0.4, -0.2) is 24.8 Å². The maximum absolute atomic E-state index is 12.5. The van der Waals surface area contributed by atoms with E-state index in [2.05, 4.69) is 19.4 Å². The molecule has 132 valence electrons. The minimum Gasteiger partial charge on any atom is -0.329 e. The Bertz CT molecular complexity index is 786. The van der Waals surface area contributed by atoms with Gasteiger partial charge in [-0.3, -0.25) is 0 Å². The van der Waals surface area contributed by atoms with Gasteiger partial charge in [0.2, 0.25) is 15.8 Å². The van der Waals surface area contributed by atoms with Gasteiger partial charge in [0.05, 0.1) is 6.26 Å². The Morgan fingerprint density at radius 1 is 1.25 bits per heavy atom. The van der Waals surface area contributed by atoms with Crippen LogP contribution < -0.4 is 4.72 Å². The highest BCUT2D eigenvalue weighted by Gasteiger charge is 2.38. The number of nitrogens with one attached hydrogen (secondary N) is 1. The van der Waals surface area contributed by atoms with Crippen LogP contribution in [0.15, 0.2) is 28.8 Å². The van der Waals surface area contributed by atoms with E-state index in [4.69, 9.17) is 0 Å². The van der Waals surface area contributed by atoms with Crippen molar-refractivity contribution >= 4 is 10.0 Å². The van der Waals surface area contributed by atoms with Gasteiger partial charge in [0.15, 0.2) is 0 Å². The Hall–Kier alpha value is -1.94. The quantitative estimate of drug-likeness (QED) is 0.852. The number of nitrogens with zero attached hydrogens (tertiary/aromatic N) is 2. The van der Waals surface area contributed by atoms with Crippen molar-refractivity contribution in [2.45, 2.75) is 32.0 Å². The molecule has 0 aliphatic carbocycles. The second-order valence-corrected chi connectivity index (χ2v) is 7.05. The van der Waals surface area contributed by atoms with Crippen molar-refractivity contribution in [1.29, 1.82) is 0 Å². The van der Waals surface area contributed by atoms with Crippen molar-refractivity contribution < 1.29 is 26.1 Å². The van der Waals surface area contributed by atoms with Crippen LogP contribution in [-0.2, 0) is 16.2 Å². The smallest absolute Gasteiger partial charge is 0.329 e. The van der Waals surface area contributed by atoms with Gasteiger partial charge in [0.25, 0.3) is 0 Å². The molecule has 1 atom stereocenters. The first kappa shape index (κ1) is 18.4. The maximum atomic E-state index is 12.5. The summed E-state index contributed by atoms with van der Waals surface area (Å²) in [6, 6.07) is 5.88. The first-order chi connectivity index (χ1) is 11.1. The number of halogens is 3. The fourth-order valence-corrected chi connectivity index (χ4v) is 2.93. The third-order valence-corrected chi connectivity index (χ3v) is 3.89. The Morgan fingerprint density at radius 3 is 2.33 bits per heavy atom. The third-order valence-electron chi connectivity index (χ3n) is 3.17. The molecule has 0 bridgehead atoms. The predicted octanol–water partition coefficient (Wildman–Crippen LogP) is 3.15. The number of sulfonamides is 1. The van der Waals surface area contributed by atoms with Crippen molar-refractivity contribution in [3.05, 3.63) is 35.7 Å². The minimum atomic E-state index is -4.70. The van der Waals surface area contributed by atoms with E-state index < -0.39 is 28.1 Å². The summed E-state index contributed by atoms with van der Waals surface area (Å²) < 4.78 is 67.0.